The van der Waals surface area contributed by atoms with Crippen LogP contribution in [0.2, 0.25) is 0 Å². The number of nitrogens with zero attached hydrogens (tertiary/aromatic N) is 2. The minimum Gasteiger partial charge on any atom is -0.296 e. The van der Waals surface area contributed by atoms with Gasteiger partial charge in [-0.25, -0.2) is 4.98 Å². The number of hydrogen-bond acceptors (Lipinski definition) is 2. The smallest absolute Gasteiger partial charge is 0.259 e. The first kappa shape index (κ1) is 13.3. The normalized spacial score (nSPS) is 13.1. The van der Waals surface area contributed by atoms with Gasteiger partial charge in [0.2, 0.25) is 0 Å². The van der Waals surface area contributed by atoms with E-state index in [-0.39, 0.29) is 5.91 Å². The van der Waals surface area contributed by atoms with Crippen LogP contribution in [-0.4, -0.2) is 17.9 Å². The van der Waals surface area contributed by atoms with E-state index in [1.54, 1.807) is 18.1 Å². The van der Waals surface area contributed by atoms with Crippen molar-refractivity contribution < 1.29 is 4.79 Å². The average molecular weight is 331 g/mol. The van der Waals surface area contributed by atoms with E-state index < -0.39 is 0 Å². The van der Waals surface area contributed by atoms with Gasteiger partial charge in [0.15, 0.2) is 0 Å². The predicted octanol–water partition coefficient (Wildman–Crippen LogP) is 3.61. The number of rotatable bonds is 2. The number of carbonyl (C=O) groups excluding carboxylic acids is 1. The fourth-order valence-corrected chi connectivity index (χ4v) is 2.90. The molecule has 2 aromatic rings. The van der Waals surface area contributed by atoms with Crippen molar-refractivity contribution in [3.8, 4) is 0 Å². The van der Waals surface area contributed by atoms with E-state index in [1.165, 1.54) is 17.5 Å². The van der Waals surface area contributed by atoms with Gasteiger partial charge in [0.05, 0.1) is 0 Å². The second-order valence-electron chi connectivity index (χ2n) is 5.03. The third kappa shape index (κ3) is 2.48. The molecule has 1 amide bonds. The van der Waals surface area contributed by atoms with Crippen molar-refractivity contribution in [1.82, 2.24) is 4.98 Å². The molecule has 0 N–H and O–H groups in total. The molecule has 0 saturated heterocycles. The Balaban J connectivity index is 1.88. The highest BCUT2D eigenvalue weighted by atomic mass is 79.9. The molecule has 0 bridgehead atoms. The number of aromatic nitrogens is 1. The predicted molar refractivity (Wildman–Crippen MR) is 83.1 cm³/mol. The Kier molecular flexibility index (Phi) is 3.57. The fraction of sp³-hybridized carbons (Fsp3) is 0.250. The maximum absolute atomic E-state index is 12.5. The molecule has 4 heteroatoms. The highest BCUT2D eigenvalue weighted by molar-refractivity contribution is 9.10. The van der Waals surface area contributed by atoms with E-state index in [0.717, 1.165) is 22.9 Å². The summed E-state index contributed by atoms with van der Waals surface area (Å²) in [5.41, 5.74) is 3.42. The first-order valence-corrected chi connectivity index (χ1v) is 7.46. The summed E-state index contributed by atoms with van der Waals surface area (Å²) in [6, 6.07) is 9.71. The van der Waals surface area contributed by atoms with E-state index in [2.05, 4.69) is 27.0 Å². The standard InChI is InChI=1S/C16H15BrN2O/c1-19(15-10-14(17)7-8-18-15)16(20)13-6-5-11-3-2-4-12(11)9-13/h5-10H,2-4H2,1H3. The third-order valence-corrected chi connectivity index (χ3v) is 4.19. The Hall–Kier alpha value is -1.68. The van der Waals surface area contributed by atoms with Crippen LogP contribution in [0, 0.1) is 0 Å². The molecule has 0 saturated carbocycles. The van der Waals surface area contributed by atoms with E-state index in [0.29, 0.717) is 5.82 Å². The van der Waals surface area contributed by atoms with Crippen LogP contribution in [0.25, 0.3) is 0 Å². The number of fused-ring (bicyclic) bond motifs is 1. The molecular weight excluding hydrogens is 316 g/mol. The monoisotopic (exact) mass is 330 g/mol. The van der Waals surface area contributed by atoms with Crippen LogP contribution in [0.5, 0.6) is 0 Å². The van der Waals surface area contributed by atoms with Crippen LogP contribution >= 0.6 is 15.9 Å². The lowest BCUT2D eigenvalue weighted by Crippen LogP contribution is -2.27. The van der Waals surface area contributed by atoms with Crippen LogP contribution in [0.1, 0.15) is 27.9 Å². The summed E-state index contributed by atoms with van der Waals surface area (Å²) in [5.74, 6) is 0.621. The molecule has 0 fully saturated rings. The number of amides is 1. The van der Waals surface area contributed by atoms with Gasteiger partial charge in [0.25, 0.3) is 5.91 Å². The first-order valence-electron chi connectivity index (χ1n) is 6.66. The van der Waals surface area contributed by atoms with Gasteiger partial charge in [-0.15, -0.1) is 0 Å². The average Bonchev–Trinajstić information content (AvgIpc) is 2.93. The Bertz CT molecular complexity index is 669. The number of benzene rings is 1. The molecule has 1 aliphatic carbocycles. The Morgan fingerprint density at radius 3 is 2.80 bits per heavy atom. The van der Waals surface area contributed by atoms with Gasteiger partial charge in [-0.05, 0) is 54.7 Å². The van der Waals surface area contributed by atoms with E-state index in [1.807, 2.05) is 24.3 Å². The number of aryl methyl sites for hydroxylation is 2. The summed E-state index contributed by atoms with van der Waals surface area (Å²) in [6.07, 6.45) is 5.09. The molecule has 3 nitrogen and oxygen atoms in total. The van der Waals surface area contributed by atoms with Crippen LogP contribution in [0.4, 0.5) is 5.82 Å². The van der Waals surface area contributed by atoms with Crippen LogP contribution in [0.15, 0.2) is 41.0 Å². The number of pyridine rings is 1. The zero-order valence-electron chi connectivity index (χ0n) is 11.3. The molecule has 1 aromatic carbocycles. The van der Waals surface area contributed by atoms with Gasteiger partial charge in [0, 0.05) is 23.3 Å². The largest absolute Gasteiger partial charge is 0.296 e. The van der Waals surface area contributed by atoms with Crippen molar-refractivity contribution in [2.45, 2.75) is 19.3 Å². The topological polar surface area (TPSA) is 33.2 Å². The van der Waals surface area contributed by atoms with Gasteiger partial charge in [-0.2, -0.15) is 0 Å². The van der Waals surface area contributed by atoms with Gasteiger partial charge in [-0.3, -0.25) is 9.69 Å². The van der Waals surface area contributed by atoms with Crippen molar-refractivity contribution in [1.29, 1.82) is 0 Å². The lowest BCUT2D eigenvalue weighted by atomic mass is 10.1. The lowest BCUT2D eigenvalue weighted by Gasteiger charge is -2.17. The van der Waals surface area contributed by atoms with Gasteiger partial charge in [0.1, 0.15) is 5.82 Å². The SMILES string of the molecule is CN(C(=O)c1ccc2c(c1)CCC2)c1cc(Br)ccn1. The molecule has 0 atom stereocenters. The molecule has 3 rings (SSSR count). The Labute approximate surface area is 126 Å². The zero-order valence-corrected chi connectivity index (χ0v) is 12.9. The number of hydrogen-bond donors (Lipinski definition) is 0. The van der Waals surface area contributed by atoms with Crippen LogP contribution in [0.3, 0.4) is 0 Å². The molecule has 0 unspecified atom stereocenters. The number of carbonyl (C=O) groups is 1. The zero-order chi connectivity index (χ0) is 14.1. The minimum absolute atomic E-state index is 0.0229. The summed E-state index contributed by atoms with van der Waals surface area (Å²) in [6.45, 7) is 0. The Morgan fingerprint density at radius 1 is 1.20 bits per heavy atom. The molecule has 1 aliphatic rings. The van der Waals surface area contributed by atoms with Crippen LogP contribution in [-0.2, 0) is 12.8 Å². The summed E-state index contributed by atoms with van der Waals surface area (Å²) in [5, 5.41) is 0. The Morgan fingerprint density at radius 2 is 2.00 bits per heavy atom. The molecule has 102 valence electrons. The molecule has 0 spiro atoms. The van der Waals surface area contributed by atoms with Crippen molar-refractivity contribution in [3.05, 3.63) is 57.7 Å². The molecule has 0 radical (unpaired) electrons. The second kappa shape index (κ2) is 5.37. The number of halogens is 1. The number of anilines is 1. The molecule has 1 aromatic heterocycles. The molecule has 1 heterocycles. The minimum atomic E-state index is -0.0229. The van der Waals surface area contributed by atoms with Gasteiger partial charge in [-0.1, -0.05) is 22.0 Å². The van der Waals surface area contributed by atoms with E-state index >= 15 is 0 Å². The molecule has 0 aliphatic heterocycles. The lowest BCUT2D eigenvalue weighted by molar-refractivity contribution is 0.0992. The van der Waals surface area contributed by atoms with Crippen molar-refractivity contribution in [2.75, 3.05) is 11.9 Å². The van der Waals surface area contributed by atoms with Crippen molar-refractivity contribution in [2.24, 2.45) is 0 Å². The summed E-state index contributed by atoms with van der Waals surface area (Å²) >= 11 is 3.40. The highest BCUT2D eigenvalue weighted by Gasteiger charge is 2.18. The summed E-state index contributed by atoms with van der Waals surface area (Å²) in [4.78, 5) is 18.3. The highest BCUT2D eigenvalue weighted by Crippen LogP contribution is 2.24. The maximum atomic E-state index is 12.5. The van der Waals surface area contributed by atoms with Gasteiger partial charge < -0.3 is 0 Å². The quantitative estimate of drug-likeness (QED) is 0.842. The molecule has 20 heavy (non-hydrogen) atoms. The maximum Gasteiger partial charge on any atom is 0.259 e. The van der Waals surface area contributed by atoms with Gasteiger partial charge >= 0.3 is 0 Å². The first-order chi connectivity index (χ1) is 9.65. The van der Waals surface area contributed by atoms with E-state index in [4.69, 9.17) is 0 Å². The molecular formula is C16H15BrN2O. The summed E-state index contributed by atoms with van der Waals surface area (Å²) < 4.78 is 0.913. The summed E-state index contributed by atoms with van der Waals surface area (Å²) in [7, 11) is 1.75. The van der Waals surface area contributed by atoms with Crippen molar-refractivity contribution >= 4 is 27.7 Å². The van der Waals surface area contributed by atoms with E-state index in [9.17, 15) is 4.79 Å². The van der Waals surface area contributed by atoms with Crippen LogP contribution < -0.4 is 4.90 Å². The second-order valence-corrected chi connectivity index (χ2v) is 5.95. The fourth-order valence-electron chi connectivity index (χ4n) is 2.58. The van der Waals surface area contributed by atoms with Crippen molar-refractivity contribution in [3.63, 3.8) is 0 Å². The third-order valence-electron chi connectivity index (χ3n) is 3.70.